The van der Waals surface area contributed by atoms with Crippen molar-refractivity contribution in [2.24, 2.45) is 0 Å². The zero-order valence-corrected chi connectivity index (χ0v) is 6.29. The van der Waals surface area contributed by atoms with E-state index < -0.39 is 0 Å². The molecular formula is C8H12O3. The molecular weight excluding hydrogens is 144 g/mol. The van der Waals surface area contributed by atoms with Crippen LogP contribution in [0.1, 0.15) is 11.1 Å². The molecule has 1 rings (SSSR count). The smallest absolute Gasteiger partial charge is 0.0938 e. The Balaban J connectivity index is 2.62. The van der Waals surface area contributed by atoms with Crippen LogP contribution >= 0.6 is 0 Å². The van der Waals surface area contributed by atoms with Crippen molar-refractivity contribution in [3.05, 3.63) is 23.7 Å². The quantitative estimate of drug-likeness (QED) is 0.661. The van der Waals surface area contributed by atoms with Crippen LogP contribution in [0, 0.1) is 0 Å². The van der Waals surface area contributed by atoms with E-state index in [0.717, 1.165) is 11.1 Å². The largest absolute Gasteiger partial charge is 0.472 e. The van der Waals surface area contributed by atoms with Gasteiger partial charge >= 0.3 is 0 Å². The number of rotatable bonds is 4. The Morgan fingerprint density at radius 3 is 1.82 bits per heavy atom. The van der Waals surface area contributed by atoms with Crippen LogP contribution in [0.15, 0.2) is 16.9 Å². The van der Waals surface area contributed by atoms with E-state index in [9.17, 15) is 0 Å². The monoisotopic (exact) mass is 156 g/mol. The Kier molecular flexibility index (Phi) is 3.14. The van der Waals surface area contributed by atoms with E-state index in [1.54, 1.807) is 12.5 Å². The van der Waals surface area contributed by atoms with Crippen LogP contribution in [0.3, 0.4) is 0 Å². The fourth-order valence-corrected chi connectivity index (χ4v) is 1.03. The summed E-state index contributed by atoms with van der Waals surface area (Å²) in [6, 6.07) is 0. The molecule has 0 radical (unpaired) electrons. The highest BCUT2D eigenvalue weighted by molar-refractivity contribution is 5.21. The summed E-state index contributed by atoms with van der Waals surface area (Å²) in [6.07, 6.45) is 4.43. The summed E-state index contributed by atoms with van der Waals surface area (Å²) in [4.78, 5) is 0. The van der Waals surface area contributed by atoms with Gasteiger partial charge in [-0.15, -0.1) is 0 Å². The minimum Gasteiger partial charge on any atom is -0.472 e. The van der Waals surface area contributed by atoms with Gasteiger partial charge in [0.1, 0.15) is 0 Å². The SMILES string of the molecule is OCCc1cocc1CCO. The first-order valence-corrected chi connectivity index (χ1v) is 3.64. The molecule has 2 N–H and O–H groups in total. The first kappa shape index (κ1) is 8.30. The molecule has 0 spiro atoms. The maximum atomic E-state index is 8.63. The molecule has 0 unspecified atom stereocenters. The summed E-state index contributed by atoms with van der Waals surface area (Å²) >= 11 is 0. The first-order chi connectivity index (χ1) is 5.38. The van der Waals surface area contributed by atoms with Gasteiger partial charge in [0.05, 0.1) is 12.5 Å². The van der Waals surface area contributed by atoms with Crippen molar-refractivity contribution in [1.29, 1.82) is 0 Å². The van der Waals surface area contributed by atoms with Crippen molar-refractivity contribution in [2.75, 3.05) is 13.2 Å². The lowest BCUT2D eigenvalue weighted by molar-refractivity contribution is 0.293. The summed E-state index contributed by atoms with van der Waals surface area (Å²) < 4.78 is 4.93. The minimum atomic E-state index is 0.123. The molecule has 0 aliphatic rings. The Bertz CT molecular complexity index is 184. The molecule has 11 heavy (non-hydrogen) atoms. The van der Waals surface area contributed by atoms with E-state index in [-0.39, 0.29) is 13.2 Å². The Morgan fingerprint density at radius 2 is 1.45 bits per heavy atom. The lowest BCUT2D eigenvalue weighted by atomic mass is 10.1. The van der Waals surface area contributed by atoms with E-state index in [4.69, 9.17) is 14.6 Å². The van der Waals surface area contributed by atoms with E-state index in [0.29, 0.717) is 12.8 Å². The van der Waals surface area contributed by atoms with Crippen molar-refractivity contribution >= 4 is 0 Å². The number of aliphatic hydroxyl groups is 2. The fraction of sp³-hybridized carbons (Fsp3) is 0.500. The average molecular weight is 156 g/mol. The van der Waals surface area contributed by atoms with E-state index in [1.165, 1.54) is 0 Å². The van der Waals surface area contributed by atoms with Crippen LogP contribution < -0.4 is 0 Å². The molecule has 0 aromatic carbocycles. The summed E-state index contributed by atoms with van der Waals surface area (Å²) in [5.74, 6) is 0. The zero-order chi connectivity index (χ0) is 8.10. The fourth-order valence-electron chi connectivity index (χ4n) is 1.03. The molecule has 0 saturated heterocycles. The van der Waals surface area contributed by atoms with Crippen LogP contribution in [0.5, 0.6) is 0 Å². The van der Waals surface area contributed by atoms with Crippen LogP contribution in [-0.2, 0) is 12.8 Å². The van der Waals surface area contributed by atoms with Gasteiger partial charge in [0, 0.05) is 13.2 Å². The first-order valence-electron chi connectivity index (χ1n) is 3.64. The highest BCUT2D eigenvalue weighted by Gasteiger charge is 2.02. The van der Waals surface area contributed by atoms with Gasteiger partial charge in [-0.1, -0.05) is 0 Å². The molecule has 0 aliphatic heterocycles. The molecule has 0 aliphatic carbocycles. The number of hydrogen-bond acceptors (Lipinski definition) is 3. The molecule has 0 atom stereocenters. The Hall–Kier alpha value is -0.800. The molecule has 0 bridgehead atoms. The standard InChI is InChI=1S/C8H12O3/c9-3-1-7-5-11-6-8(7)2-4-10/h5-6,9-10H,1-4H2. The van der Waals surface area contributed by atoms with Gasteiger partial charge < -0.3 is 14.6 Å². The molecule has 0 amide bonds. The van der Waals surface area contributed by atoms with Gasteiger partial charge in [0.15, 0.2) is 0 Å². The lowest BCUT2D eigenvalue weighted by Gasteiger charge is -1.96. The summed E-state index contributed by atoms with van der Waals surface area (Å²) in [5.41, 5.74) is 1.98. The highest BCUT2D eigenvalue weighted by Crippen LogP contribution is 2.11. The second kappa shape index (κ2) is 4.16. The van der Waals surface area contributed by atoms with Crippen LogP contribution in [0.25, 0.3) is 0 Å². The second-order valence-electron chi connectivity index (χ2n) is 2.37. The van der Waals surface area contributed by atoms with E-state index in [2.05, 4.69) is 0 Å². The van der Waals surface area contributed by atoms with Gasteiger partial charge in [-0.05, 0) is 24.0 Å². The molecule has 62 valence electrons. The topological polar surface area (TPSA) is 53.6 Å². The third-order valence-corrected chi connectivity index (χ3v) is 1.60. The predicted octanol–water partition coefficient (Wildman–Crippen LogP) is 0.349. The van der Waals surface area contributed by atoms with Crippen LogP contribution in [-0.4, -0.2) is 23.4 Å². The molecule has 0 fully saturated rings. The number of hydrogen-bond donors (Lipinski definition) is 2. The van der Waals surface area contributed by atoms with Gasteiger partial charge in [-0.25, -0.2) is 0 Å². The van der Waals surface area contributed by atoms with Crippen LogP contribution in [0.2, 0.25) is 0 Å². The van der Waals surface area contributed by atoms with Crippen molar-refractivity contribution in [3.63, 3.8) is 0 Å². The molecule has 3 heteroatoms. The van der Waals surface area contributed by atoms with Gasteiger partial charge in [0.2, 0.25) is 0 Å². The highest BCUT2D eigenvalue weighted by atomic mass is 16.3. The third-order valence-electron chi connectivity index (χ3n) is 1.60. The zero-order valence-electron chi connectivity index (χ0n) is 6.29. The molecule has 0 saturated carbocycles. The molecule has 3 nitrogen and oxygen atoms in total. The van der Waals surface area contributed by atoms with E-state index in [1.807, 2.05) is 0 Å². The van der Waals surface area contributed by atoms with Crippen molar-refractivity contribution in [1.82, 2.24) is 0 Å². The number of aliphatic hydroxyl groups excluding tert-OH is 2. The Labute approximate surface area is 65.3 Å². The third kappa shape index (κ3) is 2.06. The molecule has 1 heterocycles. The normalized spacial score (nSPS) is 10.4. The second-order valence-corrected chi connectivity index (χ2v) is 2.37. The summed E-state index contributed by atoms with van der Waals surface area (Å²) in [7, 11) is 0. The van der Waals surface area contributed by atoms with Crippen molar-refractivity contribution in [3.8, 4) is 0 Å². The van der Waals surface area contributed by atoms with Crippen molar-refractivity contribution in [2.45, 2.75) is 12.8 Å². The van der Waals surface area contributed by atoms with E-state index >= 15 is 0 Å². The van der Waals surface area contributed by atoms with Gasteiger partial charge in [-0.3, -0.25) is 0 Å². The van der Waals surface area contributed by atoms with Crippen LogP contribution in [0.4, 0.5) is 0 Å². The van der Waals surface area contributed by atoms with Gasteiger partial charge in [0.25, 0.3) is 0 Å². The number of furan rings is 1. The minimum absolute atomic E-state index is 0.123. The maximum Gasteiger partial charge on any atom is 0.0938 e. The lowest BCUT2D eigenvalue weighted by Crippen LogP contribution is -1.96. The average Bonchev–Trinajstić information content (AvgIpc) is 2.39. The Morgan fingerprint density at radius 1 is 1.00 bits per heavy atom. The summed E-state index contributed by atoms with van der Waals surface area (Å²) in [5, 5.41) is 17.3. The molecule has 1 aromatic heterocycles. The van der Waals surface area contributed by atoms with Gasteiger partial charge in [-0.2, -0.15) is 0 Å². The molecule has 1 aromatic rings. The predicted molar refractivity (Wildman–Crippen MR) is 40.3 cm³/mol. The van der Waals surface area contributed by atoms with Crippen molar-refractivity contribution < 1.29 is 14.6 Å². The summed E-state index contributed by atoms with van der Waals surface area (Å²) in [6.45, 7) is 0.246. The maximum absolute atomic E-state index is 8.63.